The topological polar surface area (TPSA) is 78.1 Å². The van der Waals surface area contributed by atoms with E-state index in [-0.39, 0.29) is 17.5 Å². The third-order valence-electron chi connectivity index (χ3n) is 5.13. The fraction of sp³-hybridized carbons (Fsp3) is 0.706. The van der Waals surface area contributed by atoms with Crippen molar-refractivity contribution >= 4 is 11.6 Å². The first-order valence-electron chi connectivity index (χ1n) is 8.80. The minimum atomic E-state index is -0.176. The van der Waals surface area contributed by atoms with Gasteiger partial charge in [-0.15, -0.1) is 0 Å². The van der Waals surface area contributed by atoms with Gasteiger partial charge in [-0.2, -0.15) is 5.10 Å². The van der Waals surface area contributed by atoms with Crippen molar-refractivity contribution in [2.24, 2.45) is 5.92 Å². The van der Waals surface area contributed by atoms with E-state index in [0.717, 1.165) is 44.0 Å². The van der Waals surface area contributed by atoms with E-state index >= 15 is 0 Å². The molecule has 2 aliphatic rings. The van der Waals surface area contributed by atoms with E-state index in [4.69, 9.17) is 0 Å². The molecule has 2 heterocycles. The van der Waals surface area contributed by atoms with Gasteiger partial charge in [0.05, 0.1) is 11.9 Å². The van der Waals surface area contributed by atoms with Crippen molar-refractivity contribution in [3.63, 3.8) is 0 Å². The Kier molecular flexibility index (Phi) is 5.31. The molecule has 1 aromatic heterocycles. The Hall–Kier alpha value is -1.85. The molecule has 1 aromatic rings. The number of piperidine rings is 1. The Morgan fingerprint density at radius 3 is 2.70 bits per heavy atom. The van der Waals surface area contributed by atoms with Crippen molar-refractivity contribution in [1.82, 2.24) is 15.5 Å². The number of nitrogens with zero attached hydrogens (tertiary/aromatic N) is 2. The van der Waals surface area contributed by atoms with Crippen molar-refractivity contribution in [3.8, 4) is 0 Å². The maximum absolute atomic E-state index is 12.1. The van der Waals surface area contributed by atoms with Gasteiger partial charge in [-0.3, -0.25) is 9.59 Å². The van der Waals surface area contributed by atoms with Crippen LogP contribution in [0.1, 0.15) is 51.4 Å². The number of carbonyl (C=O) groups excluding carboxylic acids is 1. The Morgan fingerprint density at radius 1 is 1.26 bits per heavy atom. The molecule has 2 N–H and O–H groups in total. The number of rotatable bonds is 5. The second kappa shape index (κ2) is 7.62. The molecule has 0 bridgehead atoms. The van der Waals surface area contributed by atoms with Crippen LogP contribution in [0.4, 0.5) is 5.69 Å². The summed E-state index contributed by atoms with van der Waals surface area (Å²) in [6.45, 7) is 1.69. The molecule has 126 valence electrons. The summed E-state index contributed by atoms with van der Waals surface area (Å²) in [7, 11) is 0. The van der Waals surface area contributed by atoms with E-state index in [1.54, 1.807) is 12.3 Å². The number of aromatic nitrogens is 2. The Balaban J connectivity index is 1.40. The third-order valence-corrected chi connectivity index (χ3v) is 5.13. The highest BCUT2D eigenvalue weighted by Crippen LogP contribution is 2.28. The van der Waals surface area contributed by atoms with E-state index in [0.29, 0.717) is 6.42 Å². The van der Waals surface area contributed by atoms with Gasteiger partial charge in [0.15, 0.2) is 0 Å². The lowest BCUT2D eigenvalue weighted by molar-refractivity contribution is -0.122. The summed E-state index contributed by atoms with van der Waals surface area (Å²) in [6.07, 6.45) is 10.5. The van der Waals surface area contributed by atoms with Crippen molar-refractivity contribution in [2.45, 2.75) is 57.4 Å². The predicted octanol–water partition coefficient (Wildman–Crippen LogP) is 1.83. The zero-order chi connectivity index (χ0) is 16.1. The second-order valence-corrected chi connectivity index (χ2v) is 6.82. The summed E-state index contributed by atoms with van der Waals surface area (Å²) in [5.74, 6) is 0.972. The maximum atomic E-state index is 12.1. The number of anilines is 1. The second-order valence-electron chi connectivity index (χ2n) is 6.82. The van der Waals surface area contributed by atoms with Gasteiger partial charge in [0.2, 0.25) is 5.91 Å². The minimum absolute atomic E-state index is 0.176. The quantitative estimate of drug-likeness (QED) is 0.868. The number of nitrogens with one attached hydrogen (secondary N) is 2. The molecule has 1 saturated carbocycles. The Morgan fingerprint density at radius 2 is 2.00 bits per heavy atom. The number of H-pyrrole nitrogens is 1. The van der Waals surface area contributed by atoms with Crippen molar-refractivity contribution in [3.05, 3.63) is 22.6 Å². The first kappa shape index (κ1) is 16.0. The van der Waals surface area contributed by atoms with Crippen molar-refractivity contribution in [1.29, 1.82) is 0 Å². The molecule has 6 nitrogen and oxygen atoms in total. The first-order valence-corrected chi connectivity index (χ1v) is 8.80. The lowest BCUT2D eigenvalue weighted by Gasteiger charge is -2.33. The maximum Gasteiger partial charge on any atom is 0.266 e. The molecule has 0 radical (unpaired) electrons. The molecule has 23 heavy (non-hydrogen) atoms. The summed E-state index contributed by atoms with van der Waals surface area (Å²) in [5, 5.41) is 9.41. The zero-order valence-corrected chi connectivity index (χ0v) is 13.6. The first-order chi connectivity index (χ1) is 11.2. The van der Waals surface area contributed by atoms with Crippen LogP contribution in [0, 0.1) is 5.92 Å². The highest BCUT2D eigenvalue weighted by atomic mass is 16.1. The largest absolute Gasteiger partial charge is 0.370 e. The molecule has 6 heteroatoms. The lowest BCUT2D eigenvalue weighted by atomic mass is 10.0. The van der Waals surface area contributed by atoms with Gasteiger partial charge in [-0.1, -0.05) is 25.7 Å². The summed E-state index contributed by atoms with van der Waals surface area (Å²) in [5.41, 5.74) is 0.685. The van der Waals surface area contributed by atoms with Crippen LogP contribution in [0.3, 0.4) is 0 Å². The van der Waals surface area contributed by atoms with E-state index in [9.17, 15) is 9.59 Å². The molecule has 3 rings (SSSR count). The van der Waals surface area contributed by atoms with Crippen LogP contribution < -0.4 is 15.8 Å². The highest BCUT2D eigenvalue weighted by Gasteiger charge is 2.22. The SMILES string of the molecule is O=C(CCC1CCCC1)NC1CCN(c2cn[nH]c(=O)c2)CC1. The van der Waals surface area contributed by atoms with Crippen LogP contribution >= 0.6 is 0 Å². The molecule has 1 saturated heterocycles. The molecule has 2 fully saturated rings. The summed E-state index contributed by atoms with van der Waals surface area (Å²) >= 11 is 0. The average molecular weight is 318 g/mol. The van der Waals surface area contributed by atoms with Crippen LogP contribution in [0.2, 0.25) is 0 Å². The molecule has 0 unspecified atom stereocenters. The van der Waals surface area contributed by atoms with Gasteiger partial charge in [-0.05, 0) is 25.2 Å². The number of hydrogen-bond acceptors (Lipinski definition) is 4. The minimum Gasteiger partial charge on any atom is -0.370 e. The van der Waals surface area contributed by atoms with Crippen molar-refractivity contribution < 1.29 is 4.79 Å². The predicted molar refractivity (Wildman–Crippen MR) is 89.4 cm³/mol. The van der Waals surface area contributed by atoms with Gasteiger partial charge >= 0.3 is 0 Å². The summed E-state index contributed by atoms with van der Waals surface area (Å²) < 4.78 is 0. The number of hydrogen-bond donors (Lipinski definition) is 2. The molecule has 0 aromatic carbocycles. The molecule has 1 aliphatic carbocycles. The van der Waals surface area contributed by atoms with Gasteiger partial charge < -0.3 is 10.2 Å². The molecule has 0 atom stereocenters. The van der Waals surface area contributed by atoms with Crippen LogP contribution in [-0.4, -0.2) is 35.2 Å². The Labute approximate surface area is 136 Å². The molecule has 1 amide bonds. The normalized spacial score (nSPS) is 19.9. The molecule has 0 spiro atoms. The number of amides is 1. The van der Waals surface area contributed by atoms with Gasteiger partial charge in [0, 0.05) is 31.6 Å². The molecule has 1 aliphatic heterocycles. The fourth-order valence-corrected chi connectivity index (χ4v) is 3.75. The van der Waals surface area contributed by atoms with E-state index in [1.807, 2.05) is 0 Å². The third kappa shape index (κ3) is 4.56. The monoisotopic (exact) mass is 318 g/mol. The lowest BCUT2D eigenvalue weighted by Crippen LogP contribution is -2.45. The van der Waals surface area contributed by atoms with E-state index in [2.05, 4.69) is 20.4 Å². The Bertz CT molecular complexity index is 572. The summed E-state index contributed by atoms with van der Waals surface area (Å²) in [6, 6.07) is 1.84. The highest BCUT2D eigenvalue weighted by molar-refractivity contribution is 5.76. The van der Waals surface area contributed by atoms with Crippen LogP contribution in [0.25, 0.3) is 0 Å². The number of aromatic amines is 1. The van der Waals surface area contributed by atoms with E-state index in [1.165, 1.54) is 25.7 Å². The molecular weight excluding hydrogens is 292 g/mol. The number of carbonyl (C=O) groups is 1. The summed E-state index contributed by atoms with van der Waals surface area (Å²) in [4.78, 5) is 25.6. The fourth-order valence-electron chi connectivity index (χ4n) is 3.75. The van der Waals surface area contributed by atoms with Gasteiger partial charge in [0.1, 0.15) is 0 Å². The van der Waals surface area contributed by atoms with Crippen LogP contribution in [-0.2, 0) is 4.79 Å². The van der Waals surface area contributed by atoms with Crippen molar-refractivity contribution in [2.75, 3.05) is 18.0 Å². The van der Waals surface area contributed by atoms with E-state index < -0.39 is 0 Å². The smallest absolute Gasteiger partial charge is 0.266 e. The van der Waals surface area contributed by atoms with Gasteiger partial charge in [-0.25, -0.2) is 5.10 Å². The standard InChI is InChI=1S/C17H26N4O2/c22-16(6-5-13-3-1-2-4-13)19-14-7-9-21(10-8-14)15-11-17(23)20-18-12-15/h11-14H,1-10H2,(H,19,22)(H,20,23). The van der Waals surface area contributed by atoms with Crippen LogP contribution in [0.15, 0.2) is 17.1 Å². The average Bonchev–Trinajstić information content (AvgIpc) is 3.07. The zero-order valence-electron chi connectivity index (χ0n) is 13.6. The molecular formula is C17H26N4O2. The van der Waals surface area contributed by atoms with Gasteiger partial charge in [0.25, 0.3) is 5.56 Å². The van der Waals surface area contributed by atoms with Crippen LogP contribution in [0.5, 0.6) is 0 Å².